The van der Waals surface area contributed by atoms with Crippen molar-refractivity contribution in [3.05, 3.63) is 47.8 Å². The highest BCUT2D eigenvalue weighted by Gasteiger charge is 2.11. The minimum Gasteiger partial charge on any atom is -0.239 e. The third-order valence-electron chi connectivity index (χ3n) is 2.78. The van der Waals surface area contributed by atoms with E-state index in [9.17, 15) is 0 Å². The second-order valence-electron chi connectivity index (χ2n) is 4.20. The Morgan fingerprint density at radius 3 is 2.65 bits per heavy atom. The topological polar surface area (TPSA) is 15.9 Å². The summed E-state index contributed by atoms with van der Waals surface area (Å²) in [5.74, 6) is 0. The highest BCUT2D eigenvalue weighted by atomic mass is 32.1. The van der Waals surface area contributed by atoms with Gasteiger partial charge in [0.15, 0.2) is 5.69 Å². The van der Waals surface area contributed by atoms with Crippen LogP contribution in [0, 0.1) is 0 Å². The van der Waals surface area contributed by atoms with Crippen molar-refractivity contribution in [2.24, 2.45) is 0 Å². The molecule has 3 heteroatoms. The van der Waals surface area contributed by atoms with Crippen LogP contribution >= 0.6 is 11.3 Å². The summed E-state index contributed by atoms with van der Waals surface area (Å²) in [7, 11) is 4.10. The predicted molar refractivity (Wildman–Crippen MR) is 73.4 cm³/mol. The fraction of sp³-hybridized carbons (Fsp3) is 0.143. The number of hydrogen-bond donors (Lipinski definition) is 0. The number of rotatable bonds is 0. The maximum Gasteiger partial charge on any atom is 0.226 e. The molecule has 1 aromatic carbocycles. The van der Waals surface area contributed by atoms with Crippen LogP contribution in [0.1, 0.15) is 0 Å². The van der Waals surface area contributed by atoms with Crippen LogP contribution in [0.3, 0.4) is 0 Å². The van der Waals surface area contributed by atoms with Crippen molar-refractivity contribution >= 4 is 21.6 Å². The van der Waals surface area contributed by atoms with Crippen molar-refractivity contribution in [1.29, 1.82) is 0 Å². The molecule has 1 aliphatic heterocycles. The number of para-hydroxylation sites is 2. The van der Waals surface area contributed by atoms with E-state index in [1.165, 1.54) is 14.9 Å². The van der Waals surface area contributed by atoms with Gasteiger partial charge in [0.05, 0.1) is 15.1 Å². The Morgan fingerprint density at radius 2 is 1.82 bits per heavy atom. The lowest BCUT2D eigenvalue weighted by Gasteiger charge is -2.04. The minimum absolute atomic E-state index is 1.07. The van der Waals surface area contributed by atoms with Crippen molar-refractivity contribution < 1.29 is 0 Å². The molecule has 0 radical (unpaired) electrons. The zero-order chi connectivity index (χ0) is 11.8. The summed E-state index contributed by atoms with van der Waals surface area (Å²) in [5, 5.41) is 1.17. The van der Waals surface area contributed by atoms with Crippen molar-refractivity contribution in [3.63, 3.8) is 0 Å². The first-order valence-corrected chi connectivity index (χ1v) is 6.36. The van der Waals surface area contributed by atoms with Gasteiger partial charge in [-0.05, 0) is 18.2 Å². The van der Waals surface area contributed by atoms with Gasteiger partial charge in [0.2, 0.25) is 5.36 Å². The van der Waals surface area contributed by atoms with Crippen molar-refractivity contribution in [1.82, 2.24) is 9.56 Å². The van der Waals surface area contributed by atoms with Crippen LogP contribution in [0.4, 0.5) is 0 Å². The van der Waals surface area contributed by atoms with Crippen molar-refractivity contribution in [3.8, 4) is 10.6 Å². The maximum absolute atomic E-state index is 4.77. The van der Waals surface area contributed by atoms with Gasteiger partial charge in [-0.2, -0.15) is 0 Å². The molecule has 2 nitrogen and oxygen atoms in total. The Labute approximate surface area is 104 Å². The molecule has 1 aliphatic carbocycles. The molecule has 0 aromatic heterocycles. The molecule has 1 heterocycles. The van der Waals surface area contributed by atoms with Gasteiger partial charge in [-0.25, -0.2) is 9.56 Å². The second kappa shape index (κ2) is 3.93. The fourth-order valence-corrected chi connectivity index (χ4v) is 2.94. The summed E-state index contributed by atoms with van der Waals surface area (Å²) < 4.78 is 3.34. The monoisotopic (exact) mass is 241 g/mol. The number of aromatic nitrogens is 1. The van der Waals surface area contributed by atoms with E-state index in [1.54, 1.807) is 11.3 Å². The summed E-state index contributed by atoms with van der Waals surface area (Å²) >= 11 is 1.79. The SMILES string of the molecule is C[N+](C)=c1cccc2sc3ccccc3nc1-2. The molecule has 17 heavy (non-hydrogen) atoms. The third-order valence-corrected chi connectivity index (χ3v) is 3.89. The van der Waals surface area contributed by atoms with Gasteiger partial charge in [0.1, 0.15) is 14.1 Å². The van der Waals surface area contributed by atoms with Gasteiger partial charge in [0.25, 0.3) is 0 Å². The van der Waals surface area contributed by atoms with Crippen LogP contribution in [0.15, 0.2) is 42.5 Å². The van der Waals surface area contributed by atoms with Gasteiger partial charge < -0.3 is 0 Å². The van der Waals surface area contributed by atoms with Crippen LogP contribution in [-0.2, 0) is 0 Å². The smallest absolute Gasteiger partial charge is 0.226 e. The number of hydrogen-bond acceptors (Lipinski definition) is 2. The second-order valence-corrected chi connectivity index (χ2v) is 5.28. The highest BCUT2D eigenvalue weighted by Crippen LogP contribution is 2.27. The lowest BCUT2D eigenvalue weighted by atomic mass is 10.2. The first-order chi connectivity index (χ1) is 8.25. The Kier molecular flexibility index (Phi) is 2.41. The van der Waals surface area contributed by atoms with Gasteiger partial charge >= 0.3 is 0 Å². The summed E-state index contributed by atoms with van der Waals surface area (Å²) in [6.45, 7) is 0. The van der Waals surface area contributed by atoms with E-state index < -0.39 is 0 Å². The standard InChI is InChI=1S/C14H13N2S/c1-16(2)11-7-5-9-13-14(11)15-10-6-3-4-8-12(10)17-13/h3-9H,1-2H3/q+1. The Morgan fingerprint density at radius 1 is 1.00 bits per heavy atom. The Hall–Kier alpha value is -1.74. The zero-order valence-electron chi connectivity index (χ0n) is 9.84. The molecule has 0 N–H and O–H groups in total. The predicted octanol–water partition coefficient (Wildman–Crippen LogP) is 2.43. The van der Waals surface area contributed by atoms with Crippen molar-refractivity contribution in [2.45, 2.75) is 0 Å². The molecule has 3 rings (SSSR count). The van der Waals surface area contributed by atoms with Crippen LogP contribution in [0.2, 0.25) is 0 Å². The lowest BCUT2D eigenvalue weighted by Crippen LogP contribution is -2.24. The van der Waals surface area contributed by atoms with E-state index >= 15 is 0 Å². The Balaban J connectivity index is 2.53. The Bertz CT molecular complexity index is 724. The normalized spacial score (nSPS) is 10.9. The fourth-order valence-electron chi connectivity index (χ4n) is 1.94. The molecule has 0 saturated carbocycles. The molecule has 0 bridgehead atoms. The van der Waals surface area contributed by atoms with Crippen LogP contribution in [-0.4, -0.2) is 19.1 Å². The quantitative estimate of drug-likeness (QED) is 0.436. The first-order valence-electron chi connectivity index (χ1n) is 5.54. The van der Waals surface area contributed by atoms with Gasteiger partial charge in [-0.1, -0.05) is 18.2 Å². The number of benzene rings is 2. The molecule has 1 aromatic rings. The molecule has 0 spiro atoms. The molecule has 0 atom stereocenters. The molecule has 0 unspecified atom stereocenters. The zero-order valence-corrected chi connectivity index (χ0v) is 10.7. The molecule has 84 valence electrons. The van der Waals surface area contributed by atoms with Crippen LogP contribution in [0.5, 0.6) is 0 Å². The summed E-state index contributed by atoms with van der Waals surface area (Å²) in [5.41, 5.74) is 2.15. The highest BCUT2D eigenvalue weighted by molar-refractivity contribution is 7.21. The summed E-state index contributed by atoms with van der Waals surface area (Å²) in [6, 6.07) is 14.6. The van der Waals surface area contributed by atoms with Crippen molar-refractivity contribution in [2.75, 3.05) is 14.1 Å². The summed E-state index contributed by atoms with van der Waals surface area (Å²) in [4.78, 5) is 6.00. The van der Waals surface area contributed by atoms with E-state index in [0.717, 1.165) is 11.2 Å². The summed E-state index contributed by atoms with van der Waals surface area (Å²) in [6.07, 6.45) is 0. The maximum atomic E-state index is 4.77. The molecule has 2 aliphatic rings. The average Bonchev–Trinajstić information content (AvgIpc) is 2.35. The largest absolute Gasteiger partial charge is 0.239 e. The van der Waals surface area contributed by atoms with Crippen LogP contribution in [0.25, 0.3) is 20.8 Å². The van der Waals surface area contributed by atoms with E-state index in [2.05, 4.69) is 55.1 Å². The molecule has 0 saturated heterocycles. The minimum atomic E-state index is 1.07. The van der Waals surface area contributed by atoms with E-state index in [4.69, 9.17) is 4.98 Å². The molecule has 0 amide bonds. The number of nitrogens with zero attached hydrogens (tertiary/aromatic N) is 2. The first kappa shape index (κ1) is 10.4. The molecular formula is C14H13N2S+. The third kappa shape index (κ3) is 1.72. The van der Waals surface area contributed by atoms with Gasteiger partial charge in [-0.3, -0.25) is 0 Å². The lowest BCUT2D eigenvalue weighted by molar-refractivity contribution is 0.812. The molecule has 0 fully saturated rings. The van der Waals surface area contributed by atoms with Gasteiger partial charge in [0, 0.05) is 6.07 Å². The van der Waals surface area contributed by atoms with E-state index in [-0.39, 0.29) is 0 Å². The van der Waals surface area contributed by atoms with E-state index in [0.29, 0.717) is 0 Å². The molecular weight excluding hydrogens is 228 g/mol. The number of fused-ring (bicyclic) bond motifs is 2. The average molecular weight is 241 g/mol. The van der Waals surface area contributed by atoms with Crippen LogP contribution < -0.4 is 9.93 Å². The van der Waals surface area contributed by atoms with E-state index in [1.807, 2.05) is 6.07 Å². The van der Waals surface area contributed by atoms with Gasteiger partial charge in [-0.15, -0.1) is 11.3 Å².